The number of halogens is 3. The molecule has 0 aliphatic rings. The van der Waals surface area contributed by atoms with E-state index in [0.29, 0.717) is 12.1 Å². The molecule has 0 spiro atoms. The molecule has 0 aliphatic heterocycles. The van der Waals surface area contributed by atoms with E-state index in [1.807, 2.05) is 54.6 Å². The number of alkyl halides is 3. The van der Waals surface area contributed by atoms with Gasteiger partial charge < -0.3 is 29.9 Å². The Labute approximate surface area is 234 Å². The number of aromatic nitrogens is 3. The van der Waals surface area contributed by atoms with Crippen LogP contribution in [-0.2, 0) is 9.59 Å². The molecule has 2 aromatic carbocycles. The number of imidazole rings is 1. The first-order valence-corrected chi connectivity index (χ1v) is 12.9. The van der Waals surface area contributed by atoms with Crippen LogP contribution >= 0.6 is 0 Å². The fourth-order valence-corrected chi connectivity index (χ4v) is 4.05. The SMILES string of the molecule is COc1ccc2[nH]c(C(=O)N[C@@H](CCCCCC(C)=O)c3ncc(-c4ccccc4)[nH]3)cc2c1.O=C(O)C(F)(F)F. The van der Waals surface area contributed by atoms with E-state index in [1.54, 1.807) is 20.2 Å². The lowest BCUT2D eigenvalue weighted by molar-refractivity contribution is -0.192. The number of hydrogen-bond donors (Lipinski definition) is 4. The third-order valence-electron chi connectivity index (χ3n) is 6.15. The van der Waals surface area contributed by atoms with Crippen LogP contribution < -0.4 is 10.1 Å². The highest BCUT2D eigenvalue weighted by atomic mass is 19.4. The van der Waals surface area contributed by atoms with E-state index in [2.05, 4.69) is 20.3 Å². The third kappa shape index (κ3) is 9.23. The molecule has 2 aromatic heterocycles. The van der Waals surface area contributed by atoms with Crippen LogP contribution in [0.15, 0.2) is 60.8 Å². The monoisotopic (exact) mass is 572 g/mol. The Morgan fingerprint density at radius 1 is 1.02 bits per heavy atom. The van der Waals surface area contributed by atoms with Crippen molar-refractivity contribution in [1.82, 2.24) is 20.3 Å². The highest BCUT2D eigenvalue weighted by Gasteiger charge is 2.38. The number of aliphatic carboxylic acids is 1. The maximum absolute atomic E-state index is 13.1. The van der Waals surface area contributed by atoms with Crippen LogP contribution in [0.5, 0.6) is 5.75 Å². The number of carboxylic acids is 1. The van der Waals surface area contributed by atoms with Crippen molar-refractivity contribution in [2.24, 2.45) is 0 Å². The second-order valence-corrected chi connectivity index (χ2v) is 9.31. The van der Waals surface area contributed by atoms with Crippen LogP contribution in [0.1, 0.15) is 61.4 Å². The van der Waals surface area contributed by atoms with Gasteiger partial charge in [-0.25, -0.2) is 9.78 Å². The number of carbonyl (C=O) groups excluding carboxylic acids is 2. The maximum atomic E-state index is 13.1. The number of nitrogens with zero attached hydrogens (tertiary/aromatic N) is 1. The van der Waals surface area contributed by atoms with Crippen LogP contribution in [0, 0.1) is 0 Å². The number of ether oxygens (including phenoxy) is 1. The van der Waals surface area contributed by atoms with Gasteiger partial charge in [0, 0.05) is 17.3 Å². The largest absolute Gasteiger partial charge is 0.497 e. The van der Waals surface area contributed by atoms with Crippen LogP contribution in [0.2, 0.25) is 0 Å². The summed E-state index contributed by atoms with van der Waals surface area (Å²) < 4.78 is 37.0. The number of unbranched alkanes of at least 4 members (excludes halogenated alkanes) is 2. The van der Waals surface area contributed by atoms with Crippen LogP contribution in [0.25, 0.3) is 22.2 Å². The van der Waals surface area contributed by atoms with E-state index in [0.717, 1.165) is 59.4 Å². The molecule has 0 aliphatic carbocycles. The Morgan fingerprint density at radius 2 is 1.73 bits per heavy atom. The summed E-state index contributed by atoms with van der Waals surface area (Å²) in [5.41, 5.74) is 3.30. The molecule has 4 rings (SSSR count). The number of carboxylic acid groups (broad SMARTS) is 1. The van der Waals surface area contributed by atoms with E-state index in [-0.39, 0.29) is 17.7 Å². The maximum Gasteiger partial charge on any atom is 0.490 e. The van der Waals surface area contributed by atoms with E-state index in [1.165, 1.54) is 0 Å². The van der Waals surface area contributed by atoms with E-state index in [4.69, 9.17) is 14.6 Å². The number of H-pyrrole nitrogens is 2. The Balaban J connectivity index is 0.000000587. The van der Waals surface area contributed by atoms with Crippen molar-refractivity contribution in [3.63, 3.8) is 0 Å². The molecule has 0 saturated heterocycles. The molecule has 4 N–H and O–H groups in total. The number of fused-ring (bicyclic) bond motifs is 1. The molecule has 2 heterocycles. The number of benzene rings is 2. The van der Waals surface area contributed by atoms with Crippen LogP contribution in [0.4, 0.5) is 13.2 Å². The van der Waals surface area contributed by atoms with Gasteiger partial charge in [0.2, 0.25) is 0 Å². The molecule has 0 saturated carbocycles. The zero-order chi connectivity index (χ0) is 30.0. The van der Waals surface area contributed by atoms with E-state index < -0.39 is 12.1 Å². The molecule has 41 heavy (non-hydrogen) atoms. The number of methoxy groups -OCH3 is 1. The number of rotatable bonds is 11. The molecule has 9 nitrogen and oxygen atoms in total. The molecule has 0 radical (unpaired) electrons. The predicted octanol–water partition coefficient (Wildman–Crippen LogP) is 6.21. The number of aromatic amines is 2. The Morgan fingerprint density at radius 3 is 2.37 bits per heavy atom. The summed E-state index contributed by atoms with van der Waals surface area (Å²) in [4.78, 5) is 44.4. The van der Waals surface area contributed by atoms with Gasteiger partial charge in [-0.3, -0.25) is 4.79 Å². The summed E-state index contributed by atoms with van der Waals surface area (Å²) in [6, 6.07) is 17.2. The normalized spacial score (nSPS) is 11.8. The Bertz CT molecular complexity index is 1460. The molecule has 1 atom stereocenters. The molecule has 12 heteroatoms. The average molecular weight is 573 g/mol. The molecule has 0 fully saturated rings. The lowest BCUT2D eigenvalue weighted by Crippen LogP contribution is -2.29. The van der Waals surface area contributed by atoms with Crippen molar-refractivity contribution in [3.05, 3.63) is 72.3 Å². The fourth-order valence-electron chi connectivity index (χ4n) is 4.05. The molecule has 0 bridgehead atoms. The van der Waals surface area contributed by atoms with Gasteiger partial charge in [0.05, 0.1) is 25.0 Å². The summed E-state index contributed by atoms with van der Waals surface area (Å²) in [7, 11) is 1.62. The Hall–Kier alpha value is -4.61. The van der Waals surface area contributed by atoms with Gasteiger partial charge in [-0.2, -0.15) is 13.2 Å². The van der Waals surface area contributed by atoms with Crippen molar-refractivity contribution < 1.29 is 37.4 Å². The number of hydrogen-bond acceptors (Lipinski definition) is 5. The zero-order valence-electron chi connectivity index (χ0n) is 22.5. The number of nitrogens with one attached hydrogen (secondary N) is 3. The van der Waals surface area contributed by atoms with Gasteiger partial charge in [-0.1, -0.05) is 43.2 Å². The summed E-state index contributed by atoms with van der Waals surface area (Å²) in [6.45, 7) is 1.62. The quantitative estimate of drug-likeness (QED) is 0.158. The first kappa shape index (κ1) is 30.9. The average Bonchev–Trinajstić information content (AvgIpc) is 3.60. The third-order valence-corrected chi connectivity index (χ3v) is 6.15. The lowest BCUT2D eigenvalue weighted by Gasteiger charge is -2.16. The number of ketones is 1. The first-order chi connectivity index (χ1) is 19.5. The molecular formula is C29H31F3N4O5. The van der Waals surface area contributed by atoms with E-state index >= 15 is 0 Å². The lowest BCUT2D eigenvalue weighted by atomic mass is 10.1. The van der Waals surface area contributed by atoms with Gasteiger partial charge in [-0.05, 0) is 49.6 Å². The fraction of sp³-hybridized carbons (Fsp3) is 0.310. The minimum absolute atomic E-state index is 0.193. The minimum Gasteiger partial charge on any atom is -0.497 e. The topological polar surface area (TPSA) is 137 Å². The highest BCUT2D eigenvalue weighted by molar-refractivity contribution is 5.98. The molecule has 0 unspecified atom stereocenters. The Kier molecular flexibility index (Phi) is 10.7. The summed E-state index contributed by atoms with van der Waals surface area (Å²) >= 11 is 0. The highest BCUT2D eigenvalue weighted by Crippen LogP contribution is 2.25. The van der Waals surface area contributed by atoms with Gasteiger partial charge in [0.1, 0.15) is 23.1 Å². The smallest absolute Gasteiger partial charge is 0.490 e. The summed E-state index contributed by atoms with van der Waals surface area (Å²) in [6.07, 6.45) is 0.684. The van der Waals surface area contributed by atoms with Crippen LogP contribution in [0.3, 0.4) is 0 Å². The van der Waals surface area contributed by atoms with Crippen molar-refractivity contribution in [1.29, 1.82) is 0 Å². The summed E-state index contributed by atoms with van der Waals surface area (Å²) in [5.74, 6) is -1.28. The van der Waals surface area contributed by atoms with Gasteiger partial charge in [-0.15, -0.1) is 0 Å². The molecule has 1 amide bonds. The van der Waals surface area contributed by atoms with Crippen molar-refractivity contribution in [2.75, 3.05) is 7.11 Å². The first-order valence-electron chi connectivity index (χ1n) is 12.9. The molecular weight excluding hydrogens is 541 g/mol. The minimum atomic E-state index is -5.08. The molecule has 4 aromatic rings. The number of carbonyl (C=O) groups is 3. The summed E-state index contributed by atoms with van der Waals surface area (Å²) in [5, 5.41) is 11.2. The van der Waals surface area contributed by atoms with Gasteiger partial charge in [0.15, 0.2) is 0 Å². The van der Waals surface area contributed by atoms with Crippen LogP contribution in [-0.4, -0.2) is 51.0 Å². The van der Waals surface area contributed by atoms with Gasteiger partial charge >= 0.3 is 12.1 Å². The standard InChI is InChI=1S/C27H30N4O3.C2HF3O2/c1-18(32)9-5-3-8-12-23(26-28-17-25(30-26)19-10-6-4-7-11-19)31-27(33)24-16-20-15-21(34-2)13-14-22(20)29-24;3-2(4,5)1(6)7/h4,6-7,10-11,13-17,23,29H,3,5,8-9,12H2,1-2H3,(H,28,30)(H,31,33);(H,6,7)/t23-;/m0./s1. The number of amides is 1. The molecule has 218 valence electrons. The van der Waals surface area contributed by atoms with Gasteiger partial charge in [0.25, 0.3) is 5.91 Å². The second kappa shape index (κ2) is 14.1. The zero-order valence-corrected chi connectivity index (χ0v) is 22.5. The predicted molar refractivity (Wildman–Crippen MR) is 147 cm³/mol. The van der Waals surface area contributed by atoms with Crippen molar-refractivity contribution >= 4 is 28.6 Å². The van der Waals surface area contributed by atoms with Crippen molar-refractivity contribution in [2.45, 2.75) is 51.2 Å². The van der Waals surface area contributed by atoms with Crippen molar-refractivity contribution in [3.8, 4) is 17.0 Å². The van der Waals surface area contributed by atoms with E-state index in [9.17, 15) is 22.8 Å². The second-order valence-electron chi connectivity index (χ2n) is 9.31. The number of Topliss-reactive ketones (excluding diaryl/α,β-unsaturated/α-hetero) is 1.